The zero-order valence-corrected chi connectivity index (χ0v) is 9.65. The van der Waals surface area contributed by atoms with Crippen molar-refractivity contribution in [3.8, 4) is 23.8 Å². The number of esters is 1. The Morgan fingerprint density at radius 1 is 1.41 bits per heavy atom. The van der Waals surface area contributed by atoms with Gasteiger partial charge in [0.2, 0.25) is 5.79 Å². The fourth-order valence-electron chi connectivity index (χ4n) is 1.60. The van der Waals surface area contributed by atoms with Gasteiger partial charge in [-0.15, -0.1) is 6.42 Å². The number of hydrogen-bond acceptors (Lipinski definition) is 4. The normalized spacial score (nSPS) is 16.2. The molecule has 0 N–H and O–H groups in total. The third kappa shape index (κ3) is 2.18. The summed E-state index contributed by atoms with van der Waals surface area (Å²) in [5.74, 6) is 1.73. The summed E-state index contributed by atoms with van der Waals surface area (Å²) < 4.78 is 15.9. The molecule has 0 fully saturated rings. The van der Waals surface area contributed by atoms with E-state index in [9.17, 15) is 4.79 Å². The molecule has 0 spiro atoms. The van der Waals surface area contributed by atoms with E-state index in [1.165, 1.54) is 0 Å². The molecule has 0 aromatic heterocycles. The number of ether oxygens (including phenoxy) is 3. The van der Waals surface area contributed by atoms with E-state index in [0.29, 0.717) is 11.5 Å². The highest BCUT2D eigenvalue weighted by Crippen LogP contribution is 2.36. The second kappa shape index (κ2) is 4.02. The molecule has 4 heteroatoms. The maximum Gasteiger partial charge on any atom is 0.349 e. The van der Waals surface area contributed by atoms with E-state index in [1.807, 2.05) is 0 Å². The minimum atomic E-state index is -0.963. The zero-order valence-electron chi connectivity index (χ0n) is 9.65. The molecular weight excluding hydrogens is 220 g/mol. The molecule has 0 bridgehead atoms. The van der Waals surface area contributed by atoms with Crippen LogP contribution in [-0.4, -0.2) is 18.4 Å². The first-order valence-electron chi connectivity index (χ1n) is 5.15. The van der Waals surface area contributed by atoms with E-state index < -0.39 is 11.8 Å². The number of rotatable bonds is 2. The fourth-order valence-corrected chi connectivity index (χ4v) is 1.60. The van der Waals surface area contributed by atoms with Gasteiger partial charge in [-0.1, -0.05) is 12.0 Å². The number of carbonyl (C=O) groups is 1. The lowest BCUT2D eigenvalue weighted by atomic mass is 10.1. The number of terminal acetylenes is 1. The summed E-state index contributed by atoms with van der Waals surface area (Å²) in [6.07, 6.45) is 5.11. The molecule has 0 radical (unpaired) electrons. The van der Waals surface area contributed by atoms with Crippen molar-refractivity contribution in [1.29, 1.82) is 0 Å². The van der Waals surface area contributed by atoms with Gasteiger partial charge in [-0.05, 0) is 12.1 Å². The van der Waals surface area contributed by atoms with Gasteiger partial charge >= 0.3 is 5.97 Å². The average molecular weight is 232 g/mol. The van der Waals surface area contributed by atoms with Crippen LogP contribution in [0, 0.1) is 12.3 Å². The van der Waals surface area contributed by atoms with E-state index >= 15 is 0 Å². The molecule has 0 atom stereocenters. The predicted molar refractivity (Wildman–Crippen MR) is 60.9 cm³/mol. The largest absolute Gasteiger partial charge is 0.480 e. The van der Waals surface area contributed by atoms with Crippen molar-refractivity contribution in [2.75, 3.05) is 6.61 Å². The Balaban J connectivity index is 2.42. The molecule has 4 nitrogen and oxygen atoms in total. The summed E-state index contributed by atoms with van der Waals surface area (Å²) in [6, 6.07) is 5.08. The van der Waals surface area contributed by atoms with Gasteiger partial charge in [-0.3, -0.25) is 0 Å². The molecule has 1 heterocycles. The van der Waals surface area contributed by atoms with Crippen molar-refractivity contribution >= 4 is 5.97 Å². The maximum atomic E-state index is 11.9. The molecule has 0 amide bonds. The van der Waals surface area contributed by atoms with E-state index in [-0.39, 0.29) is 12.2 Å². The monoisotopic (exact) mass is 232 g/mol. The van der Waals surface area contributed by atoms with Crippen LogP contribution in [0.15, 0.2) is 18.2 Å². The first-order valence-corrected chi connectivity index (χ1v) is 5.15. The highest BCUT2D eigenvalue weighted by Gasteiger charge is 2.35. The summed E-state index contributed by atoms with van der Waals surface area (Å²) in [7, 11) is 0. The summed E-state index contributed by atoms with van der Waals surface area (Å²) in [5, 5.41) is 0. The van der Waals surface area contributed by atoms with Crippen LogP contribution >= 0.6 is 0 Å². The Morgan fingerprint density at radius 2 is 2.18 bits per heavy atom. The molecule has 1 aliphatic heterocycles. The molecule has 1 aliphatic rings. The number of benzene rings is 1. The summed E-state index contributed by atoms with van der Waals surface area (Å²) in [6.45, 7) is 3.43. The van der Waals surface area contributed by atoms with Gasteiger partial charge in [-0.25, -0.2) is 4.79 Å². The molecule has 2 rings (SSSR count). The predicted octanol–water partition coefficient (Wildman–Crippen LogP) is 1.98. The van der Waals surface area contributed by atoms with Crippen molar-refractivity contribution in [3.05, 3.63) is 23.8 Å². The zero-order chi connectivity index (χ0) is 12.5. The minimum Gasteiger partial charge on any atom is -0.480 e. The topological polar surface area (TPSA) is 44.8 Å². The highest BCUT2D eigenvalue weighted by molar-refractivity contribution is 5.96. The molecule has 88 valence electrons. The van der Waals surface area contributed by atoms with Gasteiger partial charge in [0.15, 0.2) is 0 Å². The smallest absolute Gasteiger partial charge is 0.349 e. The van der Waals surface area contributed by atoms with Crippen LogP contribution in [0.1, 0.15) is 24.2 Å². The number of hydrogen-bond donors (Lipinski definition) is 0. The molecule has 0 saturated carbocycles. The van der Waals surface area contributed by atoms with Crippen LogP contribution in [-0.2, 0) is 4.74 Å². The van der Waals surface area contributed by atoms with Gasteiger partial charge < -0.3 is 14.2 Å². The molecule has 0 saturated heterocycles. The Labute approximate surface area is 99.5 Å². The molecular formula is C13H12O4. The van der Waals surface area contributed by atoms with Crippen LogP contribution in [0.3, 0.4) is 0 Å². The van der Waals surface area contributed by atoms with Crippen LogP contribution in [0.5, 0.6) is 11.5 Å². The Bertz CT molecular complexity index is 497. The Morgan fingerprint density at radius 3 is 2.88 bits per heavy atom. The van der Waals surface area contributed by atoms with Crippen LogP contribution in [0.4, 0.5) is 0 Å². The van der Waals surface area contributed by atoms with E-state index in [2.05, 4.69) is 5.92 Å². The Hall–Kier alpha value is -2.15. The van der Waals surface area contributed by atoms with Crippen molar-refractivity contribution in [1.82, 2.24) is 0 Å². The summed E-state index contributed by atoms with van der Waals surface area (Å²) in [5.41, 5.74) is 0.280. The summed E-state index contributed by atoms with van der Waals surface area (Å²) in [4.78, 5) is 11.9. The van der Waals surface area contributed by atoms with Gasteiger partial charge in [0.25, 0.3) is 0 Å². The van der Waals surface area contributed by atoms with Crippen LogP contribution < -0.4 is 9.47 Å². The highest BCUT2D eigenvalue weighted by atomic mass is 16.7. The lowest BCUT2D eigenvalue weighted by molar-refractivity contribution is -0.127. The van der Waals surface area contributed by atoms with Gasteiger partial charge in [0.05, 0.1) is 0 Å². The van der Waals surface area contributed by atoms with Crippen molar-refractivity contribution in [3.63, 3.8) is 0 Å². The minimum absolute atomic E-state index is 0.0904. The standard InChI is InChI=1S/C13H12O4/c1-4-8-15-9-6-5-7-10-11(9)12(14)17-13(2,3)16-10/h1,5-7H,8H2,2-3H3. The van der Waals surface area contributed by atoms with Crippen LogP contribution in [0.2, 0.25) is 0 Å². The molecule has 0 aliphatic carbocycles. The molecule has 1 aromatic rings. The quantitative estimate of drug-likeness (QED) is 0.577. The number of carbonyl (C=O) groups excluding carboxylic acids is 1. The lowest BCUT2D eigenvalue weighted by Crippen LogP contribution is -2.39. The Kier molecular flexibility index (Phi) is 2.68. The molecule has 17 heavy (non-hydrogen) atoms. The van der Waals surface area contributed by atoms with Crippen molar-refractivity contribution in [2.24, 2.45) is 0 Å². The first kappa shape index (κ1) is 11.3. The molecule has 0 unspecified atom stereocenters. The van der Waals surface area contributed by atoms with Gasteiger partial charge in [-0.2, -0.15) is 0 Å². The third-order valence-corrected chi connectivity index (χ3v) is 2.20. The van der Waals surface area contributed by atoms with Gasteiger partial charge in [0, 0.05) is 13.8 Å². The number of fused-ring (bicyclic) bond motifs is 1. The number of cyclic esters (lactones) is 1. The second-order valence-corrected chi connectivity index (χ2v) is 4.01. The van der Waals surface area contributed by atoms with Gasteiger partial charge in [0.1, 0.15) is 23.7 Å². The molecule has 1 aromatic carbocycles. The maximum absolute atomic E-state index is 11.9. The lowest BCUT2D eigenvalue weighted by Gasteiger charge is -2.32. The van der Waals surface area contributed by atoms with Crippen molar-refractivity contribution in [2.45, 2.75) is 19.6 Å². The fraction of sp³-hybridized carbons (Fsp3) is 0.308. The first-order chi connectivity index (χ1) is 8.03. The second-order valence-electron chi connectivity index (χ2n) is 4.01. The van der Waals surface area contributed by atoms with Crippen molar-refractivity contribution < 1.29 is 19.0 Å². The van der Waals surface area contributed by atoms with Crippen LogP contribution in [0.25, 0.3) is 0 Å². The van der Waals surface area contributed by atoms with E-state index in [1.54, 1.807) is 32.0 Å². The average Bonchev–Trinajstić information content (AvgIpc) is 2.23. The summed E-state index contributed by atoms with van der Waals surface area (Å²) >= 11 is 0. The van der Waals surface area contributed by atoms with E-state index in [0.717, 1.165) is 0 Å². The van der Waals surface area contributed by atoms with E-state index in [4.69, 9.17) is 20.6 Å². The SMILES string of the molecule is C#CCOc1cccc2c1C(=O)OC(C)(C)O2. The third-order valence-electron chi connectivity index (χ3n) is 2.20.